The molecule has 2 aromatic rings. The Labute approximate surface area is 146 Å². The van der Waals surface area contributed by atoms with Gasteiger partial charge in [0.1, 0.15) is 17.1 Å². The smallest absolute Gasteiger partial charge is 0.171 e. The standard InChI is InChI=1S/C20H19ClO3/c1-20(2)11-10-15-18(24-20)9-8-14(19(15)23-3)17(22)12-13-6-4-5-7-16(13)21/h4-11H,12H2,1-3H3. The second kappa shape index (κ2) is 6.33. The van der Waals surface area contributed by atoms with Crippen LogP contribution in [-0.4, -0.2) is 18.5 Å². The molecule has 0 aliphatic carbocycles. The van der Waals surface area contributed by atoms with Gasteiger partial charge in [-0.15, -0.1) is 0 Å². The molecule has 0 atom stereocenters. The molecule has 1 heterocycles. The minimum atomic E-state index is -0.374. The largest absolute Gasteiger partial charge is 0.495 e. The highest BCUT2D eigenvalue weighted by Crippen LogP contribution is 2.39. The highest BCUT2D eigenvalue weighted by molar-refractivity contribution is 6.31. The lowest BCUT2D eigenvalue weighted by molar-refractivity contribution is 0.0989. The molecule has 3 rings (SSSR count). The lowest BCUT2D eigenvalue weighted by Crippen LogP contribution is -2.27. The Balaban J connectivity index is 1.97. The van der Waals surface area contributed by atoms with E-state index in [2.05, 4.69) is 0 Å². The Morgan fingerprint density at radius 1 is 1.21 bits per heavy atom. The van der Waals surface area contributed by atoms with E-state index in [1.54, 1.807) is 19.2 Å². The number of ketones is 1. The molecule has 1 aliphatic heterocycles. The minimum Gasteiger partial charge on any atom is -0.495 e. The van der Waals surface area contributed by atoms with Gasteiger partial charge in [0.05, 0.1) is 18.2 Å². The molecule has 1 aliphatic rings. The summed E-state index contributed by atoms with van der Waals surface area (Å²) in [6, 6.07) is 10.9. The predicted molar refractivity (Wildman–Crippen MR) is 96.2 cm³/mol. The van der Waals surface area contributed by atoms with Gasteiger partial charge >= 0.3 is 0 Å². The van der Waals surface area contributed by atoms with Crippen LogP contribution in [0.1, 0.15) is 35.3 Å². The number of benzene rings is 2. The first-order valence-electron chi connectivity index (χ1n) is 7.77. The molecule has 3 nitrogen and oxygen atoms in total. The molecule has 0 spiro atoms. The number of ether oxygens (including phenoxy) is 2. The summed E-state index contributed by atoms with van der Waals surface area (Å²) in [5.74, 6) is 1.21. The van der Waals surface area contributed by atoms with Crippen LogP contribution in [0.5, 0.6) is 11.5 Å². The molecule has 0 unspecified atom stereocenters. The van der Waals surface area contributed by atoms with Crippen molar-refractivity contribution in [2.45, 2.75) is 25.9 Å². The average molecular weight is 343 g/mol. The summed E-state index contributed by atoms with van der Waals surface area (Å²) < 4.78 is 11.5. The minimum absolute atomic E-state index is 0.0408. The van der Waals surface area contributed by atoms with Gasteiger partial charge in [-0.1, -0.05) is 29.8 Å². The summed E-state index contributed by atoms with van der Waals surface area (Å²) in [5.41, 5.74) is 1.75. The predicted octanol–water partition coefficient (Wildman–Crippen LogP) is 4.96. The zero-order valence-corrected chi connectivity index (χ0v) is 14.7. The number of hydrogen-bond acceptors (Lipinski definition) is 3. The van der Waals surface area contributed by atoms with Crippen molar-refractivity contribution in [2.24, 2.45) is 0 Å². The summed E-state index contributed by atoms with van der Waals surface area (Å²) >= 11 is 6.16. The highest BCUT2D eigenvalue weighted by atomic mass is 35.5. The van der Waals surface area contributed by atoms with Crippen molar-refractivity contribution in [3.8, 4) is 11.5 Å². The molecule has 0 N–H and O–H groups in total. The van der Waals surface area contributed by atoms with Crippen LogP contribution >= 0.6 is 11.6 Å². The number of fused-ring (bicyclic) bond motifs is 1. The summed E-state index contributed by atoms with van der Waals surface area (Å²) in [6.45, 7) is 3.96. The number of methoxy groups -OCH3 is 1. The molecule has 124 valence electrons. The maximum absolute atomic E-state index is 12.8. The van der Waals surface area contributed by atoms with Crippen molar-refractivity contribution in [1.82, 2.24) is 0 Å². The highest BCUT2D eigenvalue weighted by Gasteiger charge is 2.26. The Hall–Kier alpha value is -2.26. The first-order chi connectivity index (χ1) is 11.4. The molecule has 0 fully saturated rings. The van der Waals surface area contributed by atoms with Crippen LogP contribution in [0.2, 0.25) is 5.02 Å². The van der Waals surface area contributed by atoms with Gasteiger partial charge in [0, 0.05) is 11.4 Å². The lowest BCUT2D eigenvalue weighted by Gasteiger charge is -2.29. The molecule has 0 saturated heterocycles. The molecule has 0 aromatic heterocycles. The Kier molecular flexibility index (Phi) is 4.37. The Morgan fingerprint density at radius 3 is 2.67 bits per heavy atom. The molecule has 2 aromatic carbocycles. The molecule has 0 saturated carbocycles. The lowest BCUT2D eigenvalue weighted by atomic mass is 9.96. The van der Waals surface area contributed by atoms with E-state index in [1.165, 1.54) is 0 Å². The third-order valence-electron chi connectivity index (χ3n) is 3.99. The van der Waals surface area contributed by atoms with Crippen molar-refractivity contribution < 1.29 is 14.3 Å². The molecule has 4 heteroatoms. The van der Waals surface area contributed by atoms with Crippen LogP contribution < -0.4 is 9.47 Å². The van der Waals surface area contributed by atoms with E-state index < -0.39 is 0 Å². The van der Waals surface area contributed by atoms with Gasteiger partial charge in [0.2, 0.25) is 0 Å². The first-order valence-corrected chi connectivity index (χ1v) is 8.15. The van der Waals surface area contributed by atoms with Crippen LogP contribution in [0.25, 0.3) is 6.08 Å². The molecule has 0 radical (unpaired) electrons. The van der Waals surface area contributed by atoms with Gasteiger partial charge < -0.3 is 9.47 Å². The molecule has 0 amide bonds. The topological polar surface area (TPSA) is 35.5 Å². The molecular formula is C20H19ClO3. The van der Waals surface area contributed by atoms with Crippen molar-refractivity contribution >= 4 is 23.5 Å². The van der Waals surface area contributed by atoms with Crippen LogP contribution in [0.3, 0.4) is 0 Å². The van der Waals surface area contributed by atoms with E-state index >= 15 is 0 Å². The fourth-order valence-corrected chi connectivity index (χ4v) is 2.98. The summed E-state index contributed by atoms with van der Waals surface area (Å²) in [7, 11) is 1.56. The Bertz CT molecular complexity index is 822. The van der Waals surface area contributed by atoms with Gasteiger partial charge in [-0.25, -0.2) is 0 Å². The van der Waals surface area contributed by atoms with Crippen molar-refractivity contribution in [1.29, 1.82) is 0 Å². The maximum atomic E-state index is 12.8. The molecule has 24 heavy (non-hydrogen) atoms. The van der Waals surface area contributed by atoms with E-state index in [0.717, 1.165) is 11.1 Å². The van der Waals surface area contributed by atoms with Gasteiger partial charge in [-0.05, 0) is 49.8 Å². The van der Waals surface area contributed by atoms with Gasteiger partial charge in [0.15, 0.2) is 5.78 Å². The Morgan fingerprint density at radius 2 is 1.96 bits per heavy atom. The fourth-order valence-electron chi connectivity index (χ4n) is 2.78. The van der Waals surface area contributed by atoms with Crippen molar-refractivity contribution in [2.75, 3.05) is 7.11 Å². The van der Waals surface area contributed by atoms with Crippen molar-refractivity contribution in [3.05, 3.63) is 64.2 Å². The molecular weight excluding hydrogens is 324 g/mol. The zero-order chi connectivity index (χ0) is 17.3. The van der Waals surface area contributed by atoms with Crippen LogP contribution in [0, 0.1) is 0 Å². The number of rotatable bonds is 4. The van der Waals surface area contributed by atoms with Crippen LogP contribution in [0.15, 0.2) is 42.5 Å². The monoisotopic (exact) mass is 342 g/mol. The SMILES string of the molecule is COc1c(C(=O)Cc2ccccc2Cl)ccc2c1C=CC(C)(C)O2. The summed E-state index contributed by atoms with van der Waals surface area (Å²) in [5, 5.41) is 0.591. The normalized spacial score (nSPS) is 14.7. The van der Waals surface area contributed by atoms with E-state index in [0.29, 0.717) is 22.1 Å². The van der Waals surface area contributed by atoms with Crippen LogP contribution in [0.4, 0.5) is 0 Å². The summed E-state index contributed by atoms with van der Waals surface area (Å²) in [6.07, 6.45) is 4.13. The quantitative estimate of drug-likeness (QED) is 0.737. The maximum Gasteiger partial charge on any atom is 0.171 e. The number of Topliss-reactive ketones (excluding diaryl/α,β-unsaturated/α-hetero) is 1. The molecule has 0 bridgehead atoms. The number of halogens is 1. The number of carbonyl (C=O) groups excluding carboxylic acids is 1. The van der Waals surface area contributed by atoms with Gasteiger partial charge in [0.25, 0.3) is 0 Å². The second-order valence-corrected chi connectivity index (χ2v) is 6.70. The second-order valence-electron chi connectivity index (χ2n) is 6.29. The number of carbonyl (C=O) groups is 1. The van der Waals surface area contributed by atoms with E-state index in [4.69, 9.17) is 21.1 Å². The van der Waals surface area contributed by atoms with Crippen molar-refractivity contribution in [3.63, 3.8) is 0 Å². The van der Waals surface area contributed by atoms with E-state index in [-0.39, 0.29) is 17.8 Å². The number of hydrogen-bond donors (Lipinski definition) is 0. The first kappa shape index (κ1) is 16.6. The summed E-state index contributed by atoms with van der Waals surface area (Å²) in [4.78, 5) is 12.8. The fraction of sp³-hybridized carbons (Fsp3) is 0.250. The average Bonchev–Trinajstić information content (AvgIpc) is 2.54. The third-order valence-corrected chi connectivity index (χ3v) is 4.36. The van der Waals surface area contributed by atoms with Gasteiger partial charge in [-0.3, -0.25) is 4.79 Å². The zero-order valence-electron chi connectivity index (χ0n) is 13.9. The van der Waals surface area contributed by atoms with Crippen LogP contribution in [-0.2, 0) is 6.42 Å². The van der Waals surface area contributed by atoms with E-state index in [9.17, 15) is 4.79 Å². The van der Waals surface area contributed by atoms with E-state index in [1.807, 2.05) is 50.3 Å². The third kappa shape index (κ3) is 3.17. The van der Waals surface area contributed by atoms with Gasteiger partial charge in [-0.2, -0.15) is 0 Å².